The van der Waals surface area contributed by atoms with Gasteiger partial charge in [-0.3, -0.25) is 4.79 Å². The summed E-state index contributed by atoms with van der Waals surface area (Å²) in [5.41, 5.74) is 0.607. The molecule has 1 aromatic rings. The van der Waals surface area contributed by atoms with Gasteiger partial charge in [-0.1, -0.05) is 12.1 Å². The second-order valence-corrected chi connectivity index (χ2v) is 5.73. The molecule has 0 aromatic heterocycles. The molecule has 1 fully saturated rings. The highest BCUT2D eigenvalue weighted by molar-refractivity contribution is 6.06. The number of nitrogens with zero attached hydrogens (tertiary/aromatic N) is 1. The summed E-state index contributed by atoms with van der Waals surface area (Å²) in [4.78, 5) is 25.5. The van der Waals surface area contributed by atoms with Crippen LogP contribution in [0.3, 0.4) is 0 Å². The average Bonchev–Trinajstić information content (AvgIpc) is 2.71. The van der Waals surface area contributed by atoms with Crippen LogP contribution in [0, 0.1) is 13.8 Å². The van der Waals surface area contributed by atoms with Crippen LogP contribution >= 0.6 is 0 Å². The van der Waals surface area contributed by atoms with Gasteiger partial charge in [-0.25, -0.2) is 4.79 Å². The molecule has 1 amide bonds. The molecule has 0 radical (unpaired) electrons. The highest BCUT2D eigenvalue weighted by atomic mass is 16.4. The fraction of sp³-hybridized carbons (Fsp3) is 0.467. The molecule has 108 valence electrons. The first-order valence-electron chi connectivity index (χ1n) is 6.58. The quantitative estimate of drug-likeness (QED) is 0.860. The molecule has 1 saturated heterocycles. The lowest BCUT2D eigenvalue weighted by molar-refractivity contribution is 0.0566. The molecule has 0 spiro atoms. The number of hydrogen-bond donors (Lipinski definition) is 2. The summed E-state index contributed by atoms with van der Waals surface area (Å²) in [6, 6.07) is 3.46. The first-order chi connectivity index (χ1) is 9.23. The maximum absolute atomic E-state index is 12.6. The molecule has 1 unspecified atom stereocenters. The number of aryl methyl sites for hydroxylation is 2. The molecule has 5 nitrogen and oxygen atoms in total. The third-order valence-electron chi connectivity index (χ3n) is 3.79. The first-order valence-corrected chi connectivity index (χ1v) is 6.58. The highest BCUT2D eigenvalue weighted by Crippen LogP contribution is 2.26. The van der Waals surface area contributed by atoms with Gasteiger partial charge in [0.05, 0.1) is 16.7 Å². The van der Waals surface area contributed by atoms with Crippen molar-refractivity contribution in [3.63, 3.8) is 0 Å². The number of aliphatic hydroxyl groups is 1. The number of carboxylic acid groups (broad SMARTS) is 1. The minimum Gasteiger partial charge on any atom is -0.478 e. The van der Waals surface area contributed by atoms with Crippen LogP contribution in [0.15, 0.2) is 12.1 Å². The van der Waals surface area contributed by atoms with Crippen LogP contribution in [0.2, 0.25) is 0 Å². The Morgan fingerprint density at radius 2 is 1.75 bits per heavy atom. The molecule has 20 heavy (non-hydrogen) atoms. The maximum atomic E-state index is 12.6. The number of carbonyl (C=O) groups is 2. The Balaban J connectivity index is 2.45. The molecule has 0 aliphatic carbocycles. The summed E-state index contributed by atoms with van der Waals surface area (Å²) in [6.07, 6.45) is 0.506. The number of benzene rings is 1. The number of carboxylic acids is 1. The summed E-state index contributed by atoms with van der Waals surface area (Å²) < 4.78 is 0. The van der Waals surface area contributed by atoms with Gasteiger partial charge in [0.15, 0.2) is 0 Å². The molecule has 2 rings (SSSR count). The number of β-amino-alcohol motifs (C(OH)–C–C–N with tert-alkyl or cyclic N) is 1. The second-order valence-electron chi connectivity index (χ2n) is 5.73. The zero-order valence-electron chi connectivity index (χ0n) is 11.9. The Bertz CT molecular complexity index is 577. The van der Waals surface area contributed by atoms with Crippen LogP contribution in [-0.4, -0.2) is 45.7 Å². The fourth-order valence-corrected chi connectivity index (χ4v) is 2.64. The van der Waals surface area contributed by atoms with Crippen LogP contribution in [0.25, 0.3) is 0 Å². The average molecular weight is 277 g/mol. The predicted octanol–water partition coefficient (Wildman–Crippen LogP) is 1.60. The summed E-state index contributed by atoms with van der Waals surface area (Å²) in [6.45, 7) is 5.77. The van der Waals surface area contributed by atoms with Gasteiger partial charge in [0.1, 0.15) is 0 Å². The zero-order chi connectivity index (χ0) is 15.1. The van der Waals surface area contributed by atoms with E-state index in [0.717, 1.165) is 0 Å². The SMILES string of the molecule is Cc1ccc(C)c(C(=O)N2CCC(C)(O)C2)c1C(=O)O. The Morgan fingerprint density at radius 3 is 2.20 bits per heavy atom. The van der Waals surface area contributed by atoms with Crippen LogP contribution in [0.1, 0.15) is 45.2 Å². The summed E-state index contributed by atoms with van der Waals surface area (Å²) in [5.74, 6) is -1.41. The van der Waals surface area contributed by atoms with Gasteiger partial charge in [0.2, 0.25) is 0 Å². The zero-order valence-corrected chi connectivity index (χ0v) is 11.9. The number of carbonyl (C=O) groups excluding carboxylic acids is 1. The molecular weight excluding hydrogens is 258 g/mol. The van der Waals surface area contributed by atoms with Gasteiger partial charge in [0, 0.05) is 13.1 Å². The molecule has 0 bridgehead atoms. The van der Waals surface area contributed by atoms with E-state index in [1.54, 1.807) is 32.9 Å². The van der Waals surface area contributed by atoms with Crippen molar-refractivity contribution in [2.24, 2.45) is 0 Å². The van der Waals surface area contributed by atoms with E-state index in [4.69, 9.17) is 0 Å². The standard InChI is InChI=1S/C15H19NO4/c1-9-4-5-10(2)12(14(18)19)11(9)13(17)16-7-6-15(3,20)8-16/h4-5,20H,6-8H2,1-3H3,(H,18,19). The maximum Gasteiger partial charge on any atom is 0.336 e. The van der Waals surface area contributed by atoms with E-state index >= 15 is 0 Å². The Labute approximate surface area is 117 Å². The van der Waals surface area contributed by atoms with Crippen molar-refractivity contribution in [1.82, 2.24) is 4.90 Å². The summed E-state index contributed by atoms with van der Waals surface area (Å²) in [5, 5.41) is 19.3. The van der Waals surface area contributed by atoms with E-state index in [1.807, 2.05) is 0 Å². The van der Waals surface area contributed by atoms with E-state index < -0.39 is 11.6 Å². The van der Waals surface area contributed by atoms with Gasteiger partial charge >= 0.3 is 5.97 Å². The molecule has 2 N–H and O–H groups in total. The lowest BCUT2D eigenvalue weighted by atomic mass is 9.96. The van der Waals surface area contributed by atoms with E-state index in [2.05, 4.69) is 0 Å². The van der Waals surface area contributed by atoms with Crippen LogP contribution < -0.4 is 0 Å². The molecule has 1 aromatic carbocycles. The normalized spacial score (nSPS) is 22.1. The predicted molar refractivity (Wildman–Crippen MR) is 74.0 cm³/mol. The van der Waals surface area contributed by atoms with E-state index in [0.29, 0.717) is 24.1 Å². The second kappa shape index (κ2) is 4.90. The number of hydrogen-bond acceptors (Lipinski definition) is 3. The van der Waals surface area contributed by atoms with Gasteiger partial charge in [0.25, 0.3) is 5.91 Å². The molecule has 1 heterocycles. The van der Waals surface area contributed by atoms with Crippen molar-refractivity contribution in [2.75, 3.05) is 13.1 Å². The number of rotatable bonds is 2. The van der Waals surface area contributed by atoms with E-state index in [9.17, 15) is 19.8 Å². The van der Waals surface area contributed by atoms with Crippen molar-refractivity contribution in [2.45, 2.75) is 32.8 Å². The van der Waals surface area contributed by atoms with Gasteiger partial charge < -0.3 is 15.1 Å². The Morgan fingerprint density at radius 1 is 1.20 bits per heavy atom. The fourth-order valence-electron chi connectivity index (χ4n) is 2.64. The topological polar surface area (TPSA) is 77.8 Å². The van der Waals surface area contributed by atoms with Gasteiger partial charge in [-0.15, -0.1) is 0 Å². The smallest absolute Gasteiger partial charge is 0.336 e. The van der Waals surface area contributed by atoms with Gasteiger partial charge in [-0.2, -0.15) is 0 Å². The molecule has 1 aliphatic heterocycles. The molecule has 5 heteroatoms. The lowest BCUT2D eigenvalue weighted by Crippen LogP contribution is -2.35. The van der Waals surface area contributed by atoms with Crippen molar-refractivity contribution in [1.29, 1.82) is 0 Å². The van der Waals surface area contributed by atoms with E-state index in [1.165, 1.54) is 4.90 Å². The van der Waals surface area contributed by atoms with Crippen molar-refractivity contribution in [3.8, 4) is 0 Å². The third kappa shape index (κ3) is 2.54. The van der Waals surface area contributed by atoms with E-state index in [-0.39, 0.29) is 23.6 Å². The minimum absolute atomic E-state index is 0.0570. The van der Waals surface area contributed by atoms with Crippen LogP contribution in [0.5, 0.6) is 0 Å². The Hall–Kier alpha value is -1.88. The minimum atomic E-state index is -1.10. The Kier molecular flexibility index (Phi) is 3.56. The molecule has 1 atom stereocenters. The monoisotopic (exact) mass is 277 g/mol. The number of likely N-dealkylation sites (tertiary alicyclic amines) is 1. The summed E-state index contributed by atoms with van der Waals surface area (Å²) >= 11 is 0. The van der Waals surface area contributed by atoms with Crippen molar-refractivity contribution >= 4 is 11.9 Å². The molecule has 0 saturated carbocycles. The highest BCUT2D eigenvalue weighted by Gasteiger charge is 2.36. The molecule has 1 aliphatic rings. The number of amides is 1. The third-order valence-corrected chi connectivity index (χ3v) is 3.79. The first kappa shape index (κ1) is 14.5. The van der Waals surface area contributed by atoms with Crippen molar-refractivity contribution in [3.05, 3.63) is 34.4 Å². The molecular formula is C15H19NO4. The largest absolute Gasteiger partial charge is 0.478 e. The summed E-state index contributed by atoms with van der Waals surface area (Å²) in [7, 11) is 0. The van der Waals surface area contributed by atoms with Gasteiger partial charge in [-0.05, 0) is 38.3 Å². The lowest BCUT2D eigenvalue weighted by Gasteiger charge is -2.21. The van der Waals surface area contributed by atoms with Crippen molar-refractivity contribution < 1.29 is 19.8 Å². The number of aromatic carboxylic acids is 1. The van der Waals surface area contributed by atoms with Crippen LogP contribution in [-0.2, 0) is 0 Å². The van der Waals surface area contributed by atoms with Crippen LogP contribution in [0.4, 0.5) is 0 Å².